The van der Waals surface area contributed by atoms with Gasteiger partial charge < -0.3 is 29.4 Å². The fourth-order valence-corrected chi connectivity index (χ4v) is 6.11. The van der Waals surface area contributed by atoms with Crippen LogP contribution in [0.3, 0.4) is 0 Å². The molecule has 198 valence electrons. The molecule has 0 radical (unpaired) electrons. The van der Waals surface area contributed by atoms with E-state index in [1.165, 1.54) is 0 Å². The van der Waals surface area contributed by atoms with Crippen LogP contribution >= 0.6 is 0 Å². The smallest absolute Gasteiger partial charge is 0.257 e. The van der Waals surface area contributed by atoms with Crippen molar-refractivity contribution in [1.82, 2.24) is 29.5 Å². The van der Waals surface area contributed by atoms with E-state index in [0.29, 0.717) is 24.4 Å². The molecule has 2 aliphatic carbocycles. The van der Waals surface area contributed by atoms with Crippen LogP contribution in [-0.4, -0.2) is 75.4 Å². The largest absolute Gasteiger partial charge is 0.379 e. The lowest BCUT2D eigenvalue weighted by molar-refractivity contribution is -0.152. The van der Waals surface area contributed by atoms with Crippen LogP contribution in [0.2, 0.25) is 0 Å². The Bertz CT molecular complexity index is 1520. The van der Waals surface area contributed by atoms with Gasteiger partial charge in [0.2, 0.25) is 0 Å². The molecule has 3 atom stereocenters. The molecule has 11 heteroatoms. The monoisotopic (exact) mass is 517 g/mol. The lowest BCUT2D eigenvalue weighted by atomic mass is 9.89. The molecule has 3 aliphatic rings. The number of nitrogens with one attached hydrogen (secondary N) is 2. The van der Waals surface area contributed by atoms with E-state index < -0.39 is 5.79 Å². The summed E-state index contributed by atoms with van der Waals surface area (Å²) < 4.78 is 21.3. The van der Waals surface area contributed by atoms with Gasteiger partial charge in [-0.15, -0.1) is 0 Å². The van der Waals surface area contributed by atoms with E-state index in [9.17, 15) is 4.79 Å². The number of methoxy groups -OCH3 is 1. The summed E-state index contributed by atoms with van der Waals surface area (Å²) in [5.41, 5.74) is 3.52. The van der Waals surface area contributed by atoms with E-state index in [0.717, 1.165) is 60.2 Å². The summed E-state index contributed by atoms with van der Waals surface area (Å²) >= 11 is 0. The van der Waals surface area contributed by atoms with Gasteiger partial charge in [-0.2, -0.15) is 9.61 Å². The summed E-state index contributed by atoms with van der Waals surface area (Å²) in [7, 11) is 3.51. The van der Waals surface area contributed by atoms with Gasteiger partial charge in [0.05, 0.1) is 37.3 Å². The number of hydrogen-bond donors (Lipinski definition) is 2. The van der Waals surface area contributed by atoms with Gasteiger partial charge in [-0.25, -0.2) is 9.97 Å². The molecule has 0 aromatic carbocycles. The second-order valence-corrected chi connectivity index (χ2v) is 10.3. The third-order valence-electron chi connectivity index (χ3n) is 8.28. The van der Waals surface area contributed by atoms with E-state index in [2.05, 4.69) is 32.6 Å². The zero-order valence-corrected chi connectivity index (χ0v) is 21.5. The highest BCUT2D eigenvalue weighted by Crippen LogP contribution is 2.45. The van der Waals surface area contributed by atoms with Gasteiger partial charge in [-0.1, -0.05) is 0 Å². The van der Waals surface area contributed by atoms with Gasteiger partial charge in [0.15, 0.2) is 11.4 Å². The maximum Gasteiger partial charge on any atom is 0.257 e. The number of carbonyl (C=O) groups excluding carboxylic acids is 1. The molecule has 3 fully saturated rings. The first-order valence-electron chi connectivity index (χ1n) is 13.2. The quantitative estimate of drug-likeness (QED) is 0.401. The number of amides is 1. The maximum atomic E-state index is 13.2. The topological polar surface area (TPSA) is 117 Å². The number of pyridine rings is 1. The number of rotatable bonds is 6. The van der Waals surface area contributed by atoms with Crippen molar-refractivity contribution in [1.29, 1.82) is 0 Å². The highest BCUT2D eigenvalue weighted by molar-refractivity contribution is 6.01. The van der Waals surface area contributed by atoms with Crippen LogP contribution in [0.5, 0.6) is 0 Å². The Labute approximate surface area is 219 Å². The second-order valence-electron chi connectivity index (χ2n) is 10.3. The van der Waals surface area contributed by atoms with Crippen LogP contribution < -0.4 is 10.6 Å². The summed E-state index contributed by atoms with van der Waals surface area (Å²) in [6, 6.07) is 6.17. The van der Waals surface area contributed by atoms with Crippen LogP contribution in [0.1, 0.15) is 48.5 Å². The highest BCUT2D eigenvalue weighted by Gasteiger charge is 2.45. The van der Waals surface area contributed by atoms with Crippen molar-refractivity contribution in [2.24, 2.45) is 0 Å². The fraction of sp³-hybridized carbons (Fsp3) is 0.481. The fourth-order valence-electron chi connectivity index (χ4n) is 6.11. The maximum absolute atomic E-state index is 13.2. The van der Waals surface area contributed by atoms with E-state index in [1.54, 1.807) is 17.8 Å². The predicted octanol–water partition coefficient (Wildman–Crippen LogP) is 3.16. The Hall–Kier alpha value is -3.54. The summed E-state index contributed by atoms with van der Waals surface area (Å²) in [5, 5.41) is 11.8. The van der Waals surface area contributed by atoms with Crippen LogP contribution in [0.25, 0.3) is 27.9 Å². The molecule has 2 N–H and O–H groups in total. The number of anilines is 1. The molecule has 1 amide bonds. The molecule has 4 aromatic rings. The van der Waals surface area contributed by atoms with E-state index in [-0.39, 0.29) is 24.1 Å². The van der Waals surface area contributed by atoms with Gasteiger partial charge >= 0.3 is 0 Å². The average molecular weight is 518 g/mol. The molecule has 1 unspecified atom stereocenters. The Morgan fingerprint density at radius 2 is 2.08 bits per heavy atom. The molecule has 7 rings (SSSR count). The van der Waals surface area contributed by atoms with Crippen LogP contribution in [0.15, 0.2) is 36.8 Å². The Morgan fingerprint density at radius 3 is 2.84 bits per heavy atom. The van der Waals surface area contributed by atoms with Crippen molar-refractivity contribution in [3.8, 4) is 11.3 Å². The third-order valence-corrected chi connectivity index (χ3v) is 8.28. The van der Waals surface area contributed by atoms with Crippen molar-refractivity contribution >= 4 is 28.4 Å². The Balaban J connectivity index is 1.29. The molecule has 1 aliphatic heterocycles. The van der Waals surface area contributed by atoms with Crippen molar-refractivity contribution < 1.29 is 19.0 Å². The van der Waals surface area contributed by atoms with Crippen molar-refractivity contribution in [3.63, 3.8) is 0 Å². The zero-order chi connectivity index (χ0) is 25.9. The van der Waals surface area contributed by atoms with Gasteiger partial charge in [0.25, 0.3) is 5.91 Å². The van der Waals surface area contributed by atoms with Gasteiger partial charge in [0, 0.05) is 62.5 Å². The third kappa shape index (κ3) is 3.68. The van der Waals surface area contributed by atoms with Gasteiger partial charge in [-0.05, 0) is 31.4 Å². The molecule has 11 nitrogen and oxygen atoms in total. The minimum Gasteiger partial charge on any atom is -0.379 e. The minimum atomic E-state index is -0.477. The van der Waals surface area contributed by atoms with Gasteiger partial charge in [0.1, 0.15) is 17.0 Å². The Morgan fingerprint density at radius 1 is 1.21 bits per heavy atom. The van der Waals surface area contributed by atoms with E-state index >= 15 is 0 Å². The molecule has 4 aromatic heterocycles. The molecule has 2 saturated carbocycles. The normalized spacial score (nSPS) is 24.3. The number of nitrogens with zero attached hydrogens (tertiary/aromatic N) is 5. The minimum absolute atomic E-state index is 0.000912. The summed E-state index contributed by atoms with van der Waals surface area (Å²) in [4.78, 5) is 22.9. The summed E-state index contributed by atoms with van der Waals surface area (Å²) in [6.07, 6.45) is 10.0. The van der Waals surface area contributed by atoms with Crippen molar-refractivity contribution in [2.45, 2.75) is 56.1 Å². The van der Waals surface area contributed by atoms with Crippen molar-refractivity contribution in [3.05, 3.63) is 42.4 Å². The van der Waals surface area contributed by atoms with Crippen LogP contribution in [0.4, 0.5) is 5.82 Å². The van der Waals surface area contributed by atoms with E-state index in [1.807, 2.05) is 25.4 Å². The first-order valence-corrected chi connectivity index (χ1v) is 13.2. The molecular formula is C27H31N7O4. The van der Waals surface area contributed by atoms with Crippen LogP contribution in [-0.2, 0) is 14.2 Å². The second kappa shape index (κ2) is 9.04. The predicted molar refractivity (Wildman–Crippen MR) is 140 cm³/mol. The average Bonchev–Trinajstić information content (AvgIpc) is 3.72. The summed E-state index contributed by atoms with van der Waals surface area (Å²) in [6.45, 7) is 1.29. The number of carbonyl (C=O) groups is 1. The SMILES string of the molecule is CNc1cc(-c2cn([C@H]3CCC4(C3)OCCO4)c3ncccc23)nc2c(C(=O)NC3CC[C@@H]3OC)cnn12. The zero-order valence-electron chi connectivity index (χ0n) is 21.5. The number of aromatic nitrogens is 5. The summed E-state index contributed by atoms with van der Waals surface area (Å²) in [5.74, 6) is 0.0598. The molecule has 5 heterocycles. The number of fused-ring (bicyclic) bond motifs is 2. The molecule has 38 heavy (non-hydrogen) atoms. The number of hydrogen-bond acceptors (Lipinski definition) is 8. The molecule has 0 bridgehead atoms. The first-order chi connectivity index (χ1) is 18.6. The molecular weight excluding hydrogens is 486 g/mol. The number of ether oxygens (including phenoxy) is 3. The molecule has 1 spiro atoms. The van der Waals surface area contributed by atoms with Crippen molar-refractivity contribution in [2.75, 3.05) is 32.7 Å². The van der Waals surface area contributed by atoms with Gasteiger partial charge in [-0.3, -0.25) is 4.79 Å². The van der Waals surface area contributed by atoms with Crippen LogP contribution in [0, 0.1) is 0 Å². The Kier molecular flexibility index (Phi) is 5.60. The first kappa shape index (κ1) is 23.6. The van der Waals surface area contributed by atoms with E-state index in [4.69, 9.17) is 24.2 Å². The standard InChI is InChI=1S/C27H31N7O4/c1-28-23-12-21(31-25-18(14-30-34(23)25)26(35)32-20-5-6-22(20)36-2)19-15-33(24-17(19)4-3-9-29-24)16-7-8-27(13-16)37-10-11-38-27/h3-4,9,12,14-16,20,22,28H,5-8,10-11,13H2,1-2H3,(H,32,35)/t16-,20?,22-/m0/s1. The lowest BCUT2D eigenvalue weighted by Gasteiger charge is -2.35. The molecule has 1 saturated heterocycles. The lowest BCUT2D eigenvalue weighted by Crippen LogP contribution is -2.51. The highest BCUT2D eigenvalue weighted by atomic mass is 16.7.